The highest BCUT2D eigenvalue weighted by atomic mass is 16.5. The van der Waals surface area contributed by atoms with Crippen molar-refractivity contribution >= 4 is 0 Å². The molecule has 2 N–H and O–H groups in total. The molecule has 0 aromatic carbocycles. The van der Waals surface area contributed by atoms with Gasteiger partial charge in [0.15, 0.2) is 0 Å². The van der Waals surface area contributed by atoms with Crippen molar-refractivity contribution in [1.82, 2.24) is 4.90 Å². The Kier molecular flexibility index (Phi) is 5.46. The van der Waals surface area contributed by atoms with Crippen LogP contribution in [0.15, 0.2) is 0 Å². The molecule has 1 saturated carbocycles. The second-order valence-corrected chi connectivity index (χ2v) is 6.08. The maximum atomic E-state index is 6.15. The lowest BCUT2D eigenvalue weighted by atomic mass is 9.79. The lowest BCUT2D eigenvalue weighted by molar-refractivity contribution is 0.0114. The van der Waals surface area contributed by atoms with Crippen LogP contribution in [-0.2, 0) is 4.74 Å². The first-order chi connectivity index (χ1) is 8.80. The van der Waals surface area contributed by atoms with Crippen molar-refractivity contribution < 1.29 is 4.74 Å². The Hall–Kier alpha value is -0.120. The van der Waals surface area contributed by atoms with Gasteiger partial charge in [-0.05, 0) is 38.1 Å². The summed E-state index contributed by atoms with van der Waals surface area (Å²) in [7, 11) is 0. The highest BCUT2D eigenvalue weighted by Gasteiger charge is 2.36. The largest absolute Gasteiger partial charge is 0.381 e. The summed E-state index contributed by atoms with van der Waals surface area (Å²) >= 11 is 0. The summed E-state index contributed by atoms with van der Waals surface area (Å²) in [5, 5.41) is 0. The molecule has 0 spiro atoms. The molecule has 2 fully saturated rings. The van der Waals surface area contributed by atoms with Crippen LogP contribution in [0.5, 0.6) is 0 Å². The van der Waals surface area contributed by atoms with E-state index in [-0.39, 0.29) is 0 Å². The first kappa shape index (κ1) is 14.3. The fourth-order valence-electron chi connectivity index (χ4n) is 3.76. The molecule has 0 aromatic heterocycles. The van der Waals surface area contributed by atoms with Gasteiger partial charge in [0.1, 0.15) is 0 Å². The molecule has 1 saturated heterocycles. The molecule has 106 valence electrons. The van der Waals surface area contributed by atoms with Gasteiger partial charge in [0.05, 0.1) is 0 Å². The lowest BCUT2D eigenvalue weighted by Crippen LogP contribution is -2.56. The molecule has 18 heavy (non-hydrogen) atoms. The van der Waals surface area contributed by atoms with E-state index in [1.165, 1.54) is 51.5 Å². The molecule has 0 radical (unpaired) electrons. The zero-order valence-electron chi connectivity index (χ0n) is 12.0. The van der Waals surface area contributed by atoms with E-state index in [1.807, 2.05) is 0 Å². The van der Waals surface area contributed by atoms with Gasteiger partial charge in [-0.1, -0.05) is 26.2 Å². The minimum absolute atomic E-state index is 0.311. The molecule has 0 bridgehead atoms. The van der Waals surface area contributed by atoms with Crippen LogP contribution >= 0.6 is 0 Å². The van der Waals surface area contributed by atoms with Gasteiger partial charge in [-0.3, -0.25) is 4.90 Å². The Morgan fingerprint density at radius 2 is 1.83 bits per heavy atom. The van der Waals surface area contributed by atoms with E-state index in [0.717, 1.165) is 32.2 Å². The van der Waals surface area contributed by atoms with Crippen LogP contribution in [0, 0.1) is 5.92 Å². The Balaban J connectivity index is 1.96. The molecular formula is C15H30N2O. The Morgan fingerprint density at radius 3 is 2.39 bits per heavy atom. The molecule has 1 aliphatic heterocycles. The molecule has 0 aromatic rings. The number of likely N-dealkylation sites (N-methyl/N-ethyl adjacent to an activating group) is 1. The zero-order valence-corrected chi connectivity index (χ0v) is 12.0. The van der Waals surface area contributed by atoms with Gasteiger partial charge < -0.3 is 10.5 Å². The Morgan fingerprint density at radius 1 is 1.17 bits per heavy atom. The van der Waals surface area contributed by atoms with Gasteiger partial charge in [0.25, 0.3) is 0 Å². The summed E-state index contributed by atoms with van der Waals surface area (Å²) in [5.41, 5.74) is 6.46. The number of rotatable bonds is 5. The molecule has 1 aliphatic carbocycles. The Labute approximate surface area is 112 Å². The van der Waals surface area contributed by atoms with Gasteiger partial charge >= 0.3 is 0 Å². The third-order valence-corrected chi connectivity index (χ3v) is 5.04. The zero-order chi connectivity index (χ0) is 12.8. The SMILES string of the molecule is CCN(CC1CCOCC1)C1(CN)CCCCC1. The molecule has 0 unspecified atom stereocenters. The Bertz CT molecular complexity index is 233. The van der Waals surface area contributed by atoms with Gasteiger partial charge in [-0.15, -0.1) is 0 Å². The van der Waals surface area contributed by atoms with Crippen LogP contribution in [0.1, 0.15) is 51.9 Å². The van der Waals surface area contributed by atoms with E-state index in [9.17, 15) is 0 Å². The van der Waals surface area contributed by atoms with E-state index in [4.69, 9.17) is 10.5 Å². The summed E-state index contributed by atoms with van der Waals surface area (Å²) < 4.78 is 5.47. The van der Waals surface area contributed by atoms with Crippen molar-refractivity contribution in [3.63, 3.8) is 0 Å². The fraction of sp³-hybridized carbons (Fsp3) is 1.00. The van der Waals surface area contributed by atoms with E-state index >= 15 is 0 Å². The number of nitrogens with two attached hydrogens (primary N) is 1. The van der Waals surface area contributed by atoms with Crippen LogP contribution in [0.3, 0.4) is 0 Å². The molecule has 0 amide bonds. The second kappa shape index (κ2) is 6.88. The van der Waals surface area contributed by atoms with Crippen LogP contribution in [-0.4, -0.2) is 43.3 Å². The fourth-order valence-corrected chi connectivity index (χ4v) is 3.76. The molecule has 3 nitrogen and oxygen atoms in total. The average Bonchev–Trinajstić information content (AvgIpc) is 2.46. The number of ether oxygens (including phenoxy) is 1. The monoisotopic (exact) mass is 254 g/mol. The van der Waals surface area contributed by atoms with Gasteiger partial charge in [-0.25, -0.2) is 0 Å². The van der Waals surface area contributed by atoms with E-state index in [0.29, 0.717) is 5.54 Å². The van der Waals surface area contributed by atoms with Crippen LogP contribution < -0.4 is 5.73 Å². The average molecular weight is 254 g/mol. The molecular weight excluding hydrogens is 224 g/mol. The standard InChI is InChI=1S/C15H30N2O/c1-2-17(12-14-6-10-18-11-7-14)15(13-16)8-4-3-5-9-15/h14H,2-13,16H2,1H3. The molecule has 0 atom stereocenters. The molecule has 3 heteroatoms. The van der Waals surface area contributed by atoms with Gasteiger partial charge in [0.2, 0.25) is 0 Å². The van der Waals surface area contributed by atoms with E-state index < -0.39 is 0 Å². The van der Waals surface area contributed by atoms with Crippen LogP contribution in [0.2, 0.25) is 0 Å². The van der Waals surface area contributed by atoms with Gasteiger partial charge in [-0.2, -0.15) is 0 Å². The normalized spacial score (nSPS) is 25.5. The van der Waals surface area contributed by atoms with Gasteiger partial charge in [0, 0.05) is 31.8 Å². The maximum Gasteiger partial charge on any atom is 0.0469 e. The van der Waals surface area contributed by atoms with Crippen molar-refractivity contribution in [2.45, 2.75) is 57.4 Å². The molecule has 2 aliphatic rings. The number of hydrogen-bond acceptors (Lipinski definition) is 3. The predicted octanol–water partition coefficient (Wildman–Crippen LogP) is 2.40. The predicted molar refractivity (Wildman–Crippen MR) is 75.7 cm³/mol. The third kappa shape index (κ3) is 3.25. The topological polar surface area (TPSA) is 38.5 Å². The minimum Gasteiger partial charge on any atom is -0.381 e. The maximum absolute atomic E-state index is 6.15. The van der Waals surface area contributed by atoms with Crippen LogP contribution in [0.25, 0.3) is 0 Å². The third-order valence-electron chi connectivity index (χ3n) is 5.04. The minimum atomic E-state index is 0.311. The molecule has 1 heterocycles. The summed E-state index contributed by atoms with van der Waals surface area (Å²) in [6.45, 7) is 7.43. The smallest absolute Gasteiger partial charge is 0.0469 e. The first-order valence-corrected chi connectivity index (χ1v) is 7.83. The number of nitrogens with zero attached hydrogens (tertiary/aromatic N) is 1. The molecule has 2 rings (SSSR count). The highest BCUT2D eigenvalue weighted by Crippen LogP contribution is 2.34. The van der Waals surface area contributed by atoms with Crippen molar-refractivity contribution in [2.24, 2.45) is 11.7 Å². The van der Waals surface area contributed by atoms with Crippen molar-refractivity contribution in [1.29, 1.82) is 0 Å². The number of hydrogen-bond donors (Lipinski definition) is 1. The summed E-state index contributed by atoms with van der Waals surface area (Å²) in [6, 6.07) is 0. The van der Waals surface area contributed by atoms with Crippen LogP contribution in [0.4, 0.5) is 0 Å². The quantitative estimate of drug-likeness (QED) is 0.819. The highest BCUT2D eigenvalue weighted by molar-refractivity contribution is 4.94. The van der Waals surface area contributed by atoms with E-state index in [1.54, 1.807) is 0 Å². The summed E-state index contributed by atoms with van der Waals surface area (Å²) in [5.74, 6) is 0.823. The summed E-state index contributed by atoms with van der Waals surface area (Å²) in [4.78, 5) is 2.70. The lowest BCUT2D eigenvalue weighted by Gasteiger charge is -2.47. The first-order valence-electron chi connectivity index (χ1n) is 7.83. The van der Waals surface area contributed by atoms with Crippen molar-refractivity contribution in [3.8, 4) is 0 Å². The van der Waals surface area contributed by atoms with E-state index in [2.05, 4.69) is 11.8 Å². The van der Waals surface area contributed by atoms with Crippen molar-refractivity contribution in [3.05, 3.63) is 0 Å². The summed E-state index contributed by atoms with van der Waals surface area (Å²) in [6.07, 6.45) is 9.20. The second-order valence-electron chi connectivity index (χ2n) is 6.08. The van der Waals surface area contributed by atoms with Crippen molar-refractivity contribution in [2.75, 3.05) is 32.8 Å².